The fourth-order valence-corrected chi connectivity index (χ4v) is 3.63. The Kier molecular flexibility index (Phi) is 5.08. The van der Waals surface area contributed by atoms with Crippen molar-refractivity contribution in [3.63, 3.8) is 0 Å². The number of anilines is 1. The van der Waals surface area contributed by atoms with Crippen molar-refractivity contribution in [2.75, 3.05) is 24.5 Å². The zero-order valence-corrected chi connectivity index (χ0v) is 12.7. The van der Waals surface area contributed by atoms with E-state index in [2.05, 4.69) is 19.2 Å². The van der Waals surface area contributed by atoms with E-state index in [1.807, 2.05) is 6.92 Å². The van der Waals surface area contributed by atoms with Crippen molar-refractivity contribution in [1.82, 2.24) is 14.3 Å². The molecule has 0 N–H and O–H groups in total. The first-order valence-corrected chi connectivity index (χ1v) is 7.44. The number of rotatable bonds is 3. The van der Waals surface area contributed by atoms with Gasteiger partial charge in [0.2, 0.25) is 5.13 Å². The van der Waals surface area contributed by atoms with Gasteiger partial charge in [-0.3, -0.25) is 4.90 Å². The summed E-state index contributed by atoms with van der Waals surface area (Å²) >= 11 is 1.44. The number of nitrogens with zero attached hydrogens (tertiary/aromatic N) is 4. The standard InChI is InChI=1S/C12H18N4O2S.Li/c1-8-13-12(19-14-8)15-5-2-9(3-6-15)16-7-4-10(16)11(17)18;/h9-10H,2-7H2,1H3,(H,17,18);/q;+1/p-1. The summed E-state index contributed by atoms with van der Waals surface area (Å²) in [6.45, 7) is 4.64. The molecule has 2 fully saturated rings. The molecule has 1 unspecified atom stereocenters. The van der Waals surface area contributed by atoms with Crippen LogP contribution in [0.5, 0.6) is 0 Å². The molecule has 0 aliphatic carbocycles. The van der Waals surface area contributed by atoms with Gasteiger partial charge in [-0.25, -0.2) is 4.98 Å². The first-order chi connectivity index (χ1) is 9.15. The van der Waals surface area contributed by atoms with Crippen molar-refractivity contribution in [3.05, 3.63) is 5.82 Å². The summed E-state index contributed by atoms with van der Waals surface area (Å²) in [6, 6.07) is 0.0160. The SMILES string of the molecule is Cc1nsc(N2CCC(N3CCC3C(=O)[O-])CC2)n1.[Li+]. The Balaban J connectivity index is 0.00000147. The predicted molar refractivity (Wildman–Crippen MR) is 70.0 cm³/mol. The molecule has 1 aromatic heterocycles. The van der Waals surface area contributed by atoms with Crippen LogP contribution in [0.15, 0.2) is 0 Å². The zero-order valence-electron chi connectivity index (χ0n) is 11.9. The number of aliphatic carboxylic acids is 1. The molecule has 0 saturated carbocycles. The van der Waals surface area contributed by atoms with Gasteiger partial charge in [0.15, 0.2) is 0 Å². The topological polar surface area (TPSA) is 72.4 Å². The monoisotopic (exact) mass is 288 g/mol. The van der Waals surface area contributed by atoms with Crippen LogP contribution in [0.2, 0.25) is 0 Å². The Labute approximate surface area is 134 Å². The minimum absolute atomic E-state index is 0. The fourth-order valence-electron chi connectivity index (χ4n) is 2.90. The van der Waals surface area contributed by atoms with E-state index in [1.54, 1.807) is 0 Å². The molecule has 6 nitrogen and oxygen atoms in total. The number of carbonyl (C=O) groups is 1. The molecular weight excluding hydrogens is 271 g/mol. The quantitative estimate of drug-likeness (QED) is 0.541. The maximum atomic E-state index is 10.9. The normalized spacial score (nSPS) is 24.1. The number of hydrogen-bond acceptors (Lipinski definition) is 7. The van der Waals surface area contributed by atoms with Crippen molar-refractivity contribution in [2.45, 2.75) is 38.3 Å². The summed E-state index contributed by atoms with van der Waals surface area (Å²) in [6.07, 6.45) is 2.71. The number of carboxylic acids is 1. The smallest absolute Gasteiger partial charge is 0.548 e. The number of aromatic nitrogens is 2. The molecule has 0 aromatic carbocycles. The van der Waals surface area contributed by atoms with Crippen LogP contribution in [0.1, 0.15) is 25.1 Å². The van der Waals surface area contributed by atoms with Crippen molar-refractivity contribution >= 4 is 22.6 Å². The van der Waals surface area contributed by atoms with Crippen molar-refractivity contribution in [2.24, 2.45) is 0 Å². The van der Waals surface area contributed by atoms with E-state index in [4.69, 9.17) is 0 Å². The molecular formula is C12H17LiN4O2S. The van der Waals surface area contributed by atoms with Gasteiger partial charge in [-0.15, -0.1) is 0 Å². The van der Waals surface area contributed by atoms with Crippen molar-refractivity contribution in [3.8, 4) is 0 Å². The van der Waals surface area contributed by atoms with Crippen LogP contribution in [0.25, 0.3) is 0 Å². The Hall–Kier alpha value is -0.613. The summed E-state index contributed by atoms with van der Waals surface area (Å²) in [5.41, 5.74) is 0. The molecule has 3 rings (SSSR count). The Bertz CT molecular complexity index is 476. The number of carboxylic acid groups (broad SMARTS) is 1. The Morgan fingerprint density at radius 2 is 2.00 bits per heavy atom. The third kappa shape index (κ3) is 3.01. The summed E-state index contributed by atoms with van der Waals surface area (Å²) in [5, 5.41) is 11.9. The maximum absolute atomic E-state index is 10.9. The molecule has 0 amide bonds. The fraction of sp³-hybridized carbons (Fsp3) is 0.750. The van der Waals surface area contributed by atoms with E-state index >= 15 is 0 Å². The van der Waals surface area contributed by atoms with Gasteiger partial charge in [0.05, 0.1) is 12.0 Å². The van der Waals surface area contributed by atoms with Crippen LogP contribution in [0, 0.1) is 6.92 Å². The van der Waals surface area contributed by atoms with Gasteiger partial charge in [0.1, 0.15) is 5.82 Å². The third-order valence-electron chi connectivity index (χ3n) is 4.05. The first-order valence-electron chi connectivity index (χ1n) is 6.67. The first kappa shape index (κ1) is 15.8. The minimum Gasteiger partial charge on any atom is -0.548 e. The van der Waals surface area contributed by atoms with Gasteiger partial charge in [0.25, 0.3) is 0 Å². The van der Waals surface area contributed by atoms with E-state index < -0.39 is 5.97 Å². The molecule has 1 aromatic rings. The molecule has 2 aliphatic rings. The van der Waals surface area contributed by atoms with E-state index in [1.165, 1.54) is 11.5 Å². The minimum atomic E-state index is -0.923. The summed E-state index contributed by atoms with van der Waals surface area (Å²) in [4.78, 5) is 19.7. The van der Waals surface area contributed by atoms with E-state index in [-0.39, 0.29) is 24.9 Å². The molecule has 20 heavy (non-hydrogen) atoms. The summed E-state index contributed by atoms with van der Waals surface area (Å²) in [5.74, 6) is -0.102. The zero-order chi connectivity index (χ0) is 13.4. The molecule has 0 radical (unpaired) electrons. The molecule has 2 saturated heterocycles. The molecule has 8 heteroatoms. The molecule has 1 atom stereocenters. The van der Waals surface area contributed by atoms with Gasteiger partial charge in [0, 0.05) is 37.2 Å². The average Bonchev–Trinajstić information content (AvgIpc) is 2.75. The van der Waals surface area contributed by atoms with Crippen LogP contribution in [-0.4, -0.2) is 51.9 Å². The predicted octanol–water partition coefficient (Wildman–Crippen LogP) is -3.36. The van der Waals surface area contributed by atoms with Crippen LogP contribution in [0.4, 0.5) is 5.13 Å². The Morgan fingerprint density at radius 1 is 1.30 bits per heavy atom. The second-order valence-corrected chi connectivity index (χ2v) is 5.93. The number of aryl methyl sites for hydroxylation is 1. The van der Waals surface area contributed by atoms with E-state index in [9.17, 15) is 9.90 Å². The number of piperidine rings is 1. The van der Waals surface area contributed by atoms with Gasteiger partial charge in [-0.05, 0) is 26.2 Å². The number of likely N-dealkylation sites (tertiary alicyclic amines) is 1. The molecule has 2 aliphatic heterocycles. The van der Waals surface area contributed by atoms with Crippen LogP contribution in [0.3, 0.4) is 0 Å². The third-order valence-corrected chi connectivity index (χ3v) is 4.92. The largest absolute Gasteiger partial charge is 1.00 e. The van der Waals surface area contributed by atoms with Gasteiger partial charge >= 0.3 is 18.9 Å². The summed E-state index contributed by atoms with van der Waals surface area (Å²) in [7, 11) is 0. The molecule has 3 heterocycles. The second-order valence-electron chi connectivity index (χ2n) is 5.20. The number of hydrogen-bond donors (Lipinski definition) is 0. The van der Waals surface area contributed by atoms with Gasteiger partial charge in [-0.1, -0.05) is 0 Å². The van der Waals surface area contributed by atoms with Gasteiger partial charge in [-0.2, -0.15) is 4.37 Å². The molecule has 104 valence electrons. The summed E-state index contributed by atoms with van der Waals surface area (Å²) < 4.78 is 4.20. The second kappa shape index (κ2) is 6.44. The van der Waals surface area contributed by atoms with Gasteiger partial charge < -0.3 is 14.8 Å². The van der Waals surface area contributed by atoms with Crippen molar-refractivity contribution in [1.29, 1.82) is 0 Å². The van der Waals surface area contributed by atoms with Crippen LogP contribution < -0.4 is 28.9 Å². The van der Waals surface area contributed by atoms with Crippen LogP contribution >= 0.6 is 11.5 Å². The number of carbonyl (C=O) groups excluding carboxylic acids is 1. The molecule has 0 bridgehead atoms. The molecule has 0 spiro atoms. The van der Waals surface area contributed by atoms with E-state index in [0.717, 1.165) is 49.9 Å². The maximum Gasteiger partial charge on any atom is 1.00 e. The average molecular weight is 288 g/mol. The Morgan fingerprint density at radius 3 is 2.45 bits per heavy atom. The van der Waals surface area contributed by atoms with Crippen LogP contribution in [-0.2, 0) is 4.79 Å². The van der Waals surface area contributed by atoms with Crippen molar-refractivity contribution < 1.29 is 28.8 Å². The van der Waals surface area contributed by atoms with E-state index in [0.29, 0.717) is 6.04 Å².